The SMILES string of the molecule is O=Cc1ccc2nc(-n3[nH]c4c(c3=O)-c3ccccc3CC4)sc2c1. The van der Waals surface area contributed by atoms with Crippen molar-refractivity contribution in [3.8, 4) is 16.3 Å². The molecule has 0 saturated carbocycles. The van der Waals surface area contributed by atoms with E-state index in [2.05, 4.69) is 16.1 Å². The number of aromatic nitrogens is 3. The fourth-order valence-corrected chi connectivity index (χ4v) is 4.39. The van der Waals surface area contributed by atoms with Gasteiger partial charge in [0.25, 0.3) is 5.56 Å². The van der Waals surface area contributed by atoms with E-state index in [0.717, 1.165) is 46.2 Å². The van der Waals surface area contributed by atoms with E-state index in [4.69, 9.17) is 0 Å². The molecular weight excluding hydrogens is 334 g/mol. The largest absolute Gasteiger partial charge is 0.298 e. The van der Waals surface area contributed by atoms with Crippen molar-refractivity contribution in [1.29, 1.82) is 0 Å². The molecular formula is C19H13N3O2S. The molecule has 25 heavy (non-hydrogen) atoms. The van der Waals surface area contributed by atoms with E-state index < -0.39 is 0 Å². The van der Waals surface area contributed by atoms with Crippen LogP contribution in [-0.4, -0.2) is 21.1 Å². The lowest BCUT2D eigenvalue weighted by atomic mass is 9.90. The predicted molar refractivity (Wildman–Crippen MR) is 97.8 cm³/mol. The molecule has 0 amide bonds. The van der Waals surface area contributed by atoms with Crippen LogP contribution < -0.4 is 5.56 Å². The summed E-state index contributed by atoms with van der Waals surface area (Å²) in [5, 5.41) is 3.82. The van der Waals surface area contributed by atoms with Crippen LogP contribution in [0.2, 0.25) is 0 Å². The number of benzene rings is 2. The summed E-state index contributed by atoms with van der Waals surface area (Å²) in [4.78, 5) is 28.5. The Bertz CT molecular complexity index is 1200. The molecule has 0 fully saturated rings. The van der Waals surface area contributed by atoms with Gasteiger partial charge in [0.05, 0.1) is 15.8 Å². The van der Waals surface area contributed by atoms with Crippen LogP contribution in [0.25, 0.3) is 26.5 Å². The molecule has 4 aromatic rings. The van der Waals surface area contributed by atoms with E-state index in [-0.39, 0.29) is 5.56 Å². The maximum absolute atomic E-state index is 13.0. The monoisotopic (exact) mass is 347 g/mol. The van der Waals surface area contributed by atoms with Gasteiger partial charge in [0.1, 0.15) is 6.29 Å². The number of hydrogen-bond acceptors (Lipinski definition) is 4. The lowest BCUT2D eigenvalue weighted by molar-refractivity contribution is 0.112. The standard InChI is InChI=1S/C19H13N3O2S/c23-10-11-5-7-14-16(9-11)25-19(20-14)22-18(24)17-13-4-2-1-3-12(13)6-8-15(17)21-22/h1-5,7,9-10,21H,6,8H2. The van der Waals surface area contributed by atoms with Crippen LogP contribution in [0.1, 0.15) is 21.6 Å². The third-order valence-corrected chi connectivity index (χ3v) is 5.63. The second kappa shape index (κ2) is 5.26. The van der Waals surface area contributed by atoms with Crippen LogP contribution in [0, 0.1) is 0 Å². The van der Waals surface area contributed by atoms with Gasteiger partial charge in [0, 0.05) is 11.3 Å². The number of hydrogen-bond donors (Lipinski definition) is 1. The number of H-pyrrole nitrogens is 1. The van der Waals surface area contributed by atoms with Gasteiger partial charge in [-0.3, -0.25) is 14.7 Å². The zero-order valence-corrected chi connectivity index (χ0v) is 14.0. The highest BCUT2D eigenvalue weighted by Crippen LogP contribution is 2.31. The molecule has 2 heterocycles. The number of aromatic amines is 1. The number of aldehydes is 1. The van der Waals surface area contributed by atoms with Crippen molar-refractivity contribution in [1.82, 2.24) is 14.8 Å². The predicted octanol–water partition coefficient (Wildman–Crippen LogP) is 3.35. The molecule has 122 valence electrons. The average Bonchev–Trinajstić information content (AvgIpc) is 3.22. The first-order valence-electron chi connectivity index (χ1n) is 8.03. The van der Waals surface area contributed by atoms with Crippen LogP contribution in [0.5, 0.6) is 0 Å². The number of fused-ring (bicyclic) bond motifs is 4. The van der Waals surface area contributed by atoms with E-state index >= 15 is 0 Å². The van der Waals surface area contributed by atoms with Crippen molar-refractivity contribution in [3.05, 3.63) is 69.6 Å². The molecule has 1 aliphatic carbocycles. The summed E-state index contributed by atoms with van der Waals surface area (Å²) in [5.74, 6) is 0. The van der Waals surface area contributed by atoms with Crippen LogP contribution in [-0.2, 0) is 12.8 Å². The summed E-state index contributed by atoms with van der Waals surface area (Å²) in [5.41, 5.74) is 5.23. The van der Waals surface area contributed by atoms with Crippen molar-refractivity contribution in [2.24, 2.45) is 0 Å². The number of aryl methyl sites for hydroxylation is 2. The molecule has 0 unspecified atom stereocenters. The minimum atomic E-state index is -0.0724. The summed E-state index contributed by atoms with van der Waals surface area (Å²) >= 11 is 1.40. The second-order valence-corrected chi connectivity index (χ2v) is 7.11. The third kappa shape index (κ3) is 2.11. The molecule has 2 aromatic heterocycles. The van der Waals surface area contributed by atoms with Gasteiger partial charge in [-0.25, -0.2) is 4.98 Å². The summed E-state index contributed by atoms with van der Waals surface area (Å²) in [6, 6.07) is 13.4. The minimum absolute atomic E-state index is 0.0724. The quantitative estimate of drug-likeness (QED) is 0.566. The summed E-state index contributed by atoms with van der Waals surface area (Å²) in [6.45, 7) is 0. The Hall–Kier alpha value is -2.99. The fourth-order valence-electron chi connectivity index (χ4n) is 3.42. The Labute approximate surface area is 146 Å². The Morgan fingerprint density at radius 2 is 2.04 bits per heavy atom. The van der Waals surface area contributed by atoms with E-state index in [1.54, 1.807) is 12.1 Å². The molecule has 0 radical (unpaired) electrons. The molecule has 0 aliphatic heterocycles. The Morgan fingerprint density at radius 1 is 1.16 bits per heavy atom. The van der Waals surface area contributed by atoms with Gasteiger partial charge in [0.15, 0.2) is 0 Å². The number of carbonyl (C=O) groups excluding carboxylic acids is 1. The van der Waals surface area contributed by atoms with Gasteiger partial charge in [-0.1, -0.05) is 35.6 Å². The molecule has 0 bridgehead atoms. The lowest BCUT2D eigenvalue weighted by Crippen LogP contribution is -2.16. The molecule has 0 spiro atoms. The highest BCUT2D eigenvalue weighted by molar-refractivity contribution is 7.20. The Morgan fingerprint density at radius 3 is 2.92 bits per heavy atom. The minimum Gasteiger partial charge on any atom is -0.298 e. The number of carbonyl (C=O) groups is 1. The molecule has 6 heteroatoms. The zero-order valence-electron chi connectivity index (χ0n) is 13.2. The molecule has 5 nitrogen and oxygen atoms in total. The van der Waals surface area contributed by atoms with Gasteiger partial charge >= 0.3 is 0 Å². The van der Waals surface area contributed by atoms with Crippen molar-refractivity contribution in [3.63, 3.8) is 0 Å². The van der Waals surface area contributed by atoms with Gasteiger partial charge in [-0.15, -0.1) is 0 Å². The first-order valence-corrected chi connectivity index (χ1v) is 8.84. The normalized spacial score (nSPS) is 12.8. The molecule has 0 atom stereocenters. The summed E-state index contributed by atoms with van der Waals surface area (Å²) < 4.78 is 2.41. The first-order chi connectivity index (χ1) is 12.2. The number of nitrogens with zero attached hydrogens (tertiary/aromatic N) is 2. The van der Waals surface area contributed by atoms with Crippen LogP contribution in [0.15, 0.2) is 47.3 Å². The van der Waals surface area contributed by atoms with Crippen molar-refractivity contribution < 1.29 is 4.79 Å². The molecule has 5 rings (SSSR count). The van der Waals surface area contributed by atoms with Crippen molar-refractivity contribution in [2.45, 2.75) is 12.8 Å². The highest BCUT2D eigenvalue weighted by atomic mass is 32.1. The van der Waals surface area contributed by atoms with E-state index in [1.165, 1.54) is 21.6 Å². The Balaban J connectivity index is 1.71. The van der Waals surface area contributed by atoms with Crippen molar-refractivity contribution >= 4 is 27.8 Å². The first kappa shape index (κ1) is 14.4. The van der Waals surface area contributed by atoms with Gasteiger partial charge in [-0.05, 0) is 42.2 Å². The average molecular weight is 347 g/mol. The third-order valence-electron chi connectivity index (χ3n) is 4.63. The lowest BCUT2D eigenvalue weighted by Gasteiger charge is -2.13. The van der Waals surface area contributed by atoms with Gasteiger partial charge in [0.2, 0.25) is 5.13 Å². The molecule has 0 saturated heterocycles. The van der Waals surface area contributed by atoms with E-state index in [9.17, 15) is 9.59 Å². The fraction of sp³-hybridized carbons (Fsp3) is 0.105. The van der Waals surface area contributed by atoms with Crippen LogP contribution in [0.3, 0.4) is 0 Å². The number of rotatable bonds is 2. The van der Waals surface area contributed by atoms with Crippen molar-refractivity contribution in [2.75, 3.05) is 0 Å². The number of thiazole rings is 1. The maximum atomic E-state index is 13.0. The van der Waals surface area contributed by atoms with Gasteiger partial charge in [-0.2, -0.15) is 4.68 Å². The molecule has 1 N–H and O–H groups in total. The van der Waals surface area contributed by atoms with Crippen LogP contribution in [0.4, 0.5) is 0 Å². The molecule has 2 aromatic carbocycles. The summed E-state index contributed by atoms with van der Waals surface area (Å²) in [6.07, 6.45) is 2.55. The second-order valence-electron chi connectivity index (χ2n) is 6.10. The van der Waals surface area contributed by atoms with E-state index in [0.29, 0.717) is 10.7 Å². The topological polar surface area (TPSA) is 67.8 Å². The van der Waals surface area contributed by atoms with Crippen LogP contribution >= 0.6 is 11.3 Å². The Kier molecular flexibility index (Phi) is 3.02. The zero-order chi connectivity index (χ0) is 17.0. The van der Waals surface area contributed by atoms with E-state index in [1.807, 2.05) is 24.3 Å². The smallest absolute Gasteiger partial charge is 0.281 e. The molecule has 1 aliphatic rings. The highest BCUT2D eigenvalue weighted by Gasteiger charge is 2.24. The van der Waals surface area contributed by atoms with Gasteiger partial charge < -0.3 is 0 Å². The number of nitrogens with one attached hydrogen (secondary N) is 1. The maximum Gasteiger partial charge on any atom is 0.281 e. The summed E-state index contributed by atoms with van der Waals surface area (Å²) in [7, 11) is 0.